The predicted octanol–water partition coefficient (Wildman–Crippen LogP) is 1.04. The van der Waals surface area contributed by atoms with Gasteiger partial charge in [0.15, 0.2) is 0 Å². The Morgan fingerprint density at radius 2 is 2.10 bits per heavy atom. The molecule has 0 aromatic carbocycles. The van der Waals surface area contributed by atoms with Crippen molar-refractivity contribution in [2.45, 2.75) is 18.6 Å². The van der Waals surface area contributed by atoms with E-state index in [9.17, 15) is 17.6 Å². The van der Waals surface area contributed by atoms with Gasteiger partial charge in [-0.2, -0.15) is 13.2 Å². The van der Waals surface area contributed by atoms with E-state index in [4.69, 9.17) is 5.73 Å². The maximum atomic E-state index is 14.3. The van der Waals surface area contributed by atoms with E-state index in [0.29, 0.717) is 18.5 Å². The second kappa shape index (κ2) is 12.0. The number of nitrogens with zero attached hydrogens (tertiary/aromatic N) is 2. The summed E-state index contributed by atoms with van der Waals surface area (Å²) in [5.41, 5.74) is 5.01. The molecule has 1 saturated heterocycles. The zero-order valence-corrected chi connectivity index (χ0v) is 23.6. The number of alkyl halides is 3. The normalized spacial score (nSPS) is 18.1. The third kappa shape index (κ3) is 7.06. The molecule has 30 heavy (non-hydrogen) atoms. The molecule has 0 amide bonds. The maximum Gasteiger partial charge on any atom is 1.00 e. The fourth-order valence-corrected chi connectivity index (χ4v) is 3.06. The first kappa shape index (κ1) is 27.6. The van der Waals surface area contributed by atoms with Gasteiger partial charge in [-0.1, -0.05) is 44.5 Å². The number of nitrogens with one attached hydrogen (secondary N) is 1. The van der Waals surface area contributed by atoms with Gasteiger partial charge in [-0.25, -0.2) is 4.98 Å². The van der Waals surface area contributed by atoms with Crippen LogP contribution in [0, 0.1) is 6.17 Å². The molecule has 1 fully saturated rings. The minimum Gasteiger partial charge on any atom is -0.453 e. The van der Waals surface area contributed by atoms with E-state index in [1.165, 1.54) is 12.2 Å². The van der Waals surface area contributed by atoms with Crippen LogP contribution in [0.5, 0.6) is 0 Å². The first-order valence-electron chi connectivity index (χ1n) is 9.04. The number of nitrogens with two attached hydrogens (primary N) is 1. The second-order valence-electron chi connectivity index (χ2n) is 6.82. The number of likely N-dealkylation sites (tertiary alicyclic amines) is 1. The predicted molar refractivity (Wildman–Crippen MR) is 110 cm³/mol. The molecular weight excluding hydrogens is 517 g/mol. The van der Waals surface area contributed by atoms with Gasteiger partial charge in [-0.05, 0) is 32.2 Å². The van der Waals surface area contributed by atoms with Gasteiger partial charge in [0.2, 0.25) is 0 Å². The van der Waals surface area contributed by atoms with Gasteiger partial charge in [-0.3, -0.25) is 0 Å². The number of hydrogen-bond acceptors (Lipinski definition) is 4. The van der Waals surface area contributed by atoms with Gasteiger partial charge >= 0.3 is 75.1 Å². The topological polar surface area (TPSA) is 54.2 Å². The summed E-state index contributed by atoms with van der Waals surface area (Å²) in [6.45, 7) is 11.8. The number of allylic oxidation sites excluding steroid dienone is 1. The molecular formula is C21H25CsF4N4. The SMILES string of the molecule is C=Cc1c(C(=C)NC2CCN(C)C[C-]2F)cc(/C=C/CN)nc1C(=C)C(F)(F)F.[Cs+]. The number of pyridine rings is 1. The van der Waals surface area contributed by atoms with Crippen LogP contribution in [0.25, 0.3) is 23.4 Å². The van der Waals surface area contributed by atoms with E-state index in [1.807, 2.05) is 11.9 Å². The van der Waals surface area contributed by atoms with Crippen LogP contribution in [-0.2, 0) is 0 Å². The van der Waals surface area contributed by atoms with Gasteiger partial charge in [0, 0.05) is 23.4 Å². The molecule has 1 unspecified atom stereocenters. The van der Waals surface area contributed by atoms with E-state index < -0.39 is 17.8 Å². The van der Waals surface area contributed by atoms with Crippen LogP contribution in [-0.4, -0.2) is 48.8 Å². The largest absolute Gasteiger partial charge is 1.00 e. The van der Waals surface area contributed by atoms with Gasteiger partial charge in [0.05, 0.1) is 17.0 Å². The molecule has 2 rings (SSSR count). The standard InChI is InChI=1S/C21H25F4N4.Cs/c1-5-16-17(14(3)27-19-8-10-29(4)12-18(19)22)11-15(7-6-9-26)28-20(16)13(2)21(23,24)25;/h5-7,11,19,27H,1-3,8-10,12,26H2,4H3;/q-1;+1/b7-6+;. The molecule has 0 saturated carbocycles. The number of halogens is 4. The Bertz CT molecular complexity index is 820. The van der Waals surface area contributed by atoms with Crippen molar-refractivity contribution in [3.63, 3.8) is 0 Å². The summed E-state index contributed by atoms with van der Waals surface area (Å²) in [4.78, 5) is 5.92. The summed E-state index contributed by atoms with van der Waals surface area (Å²) in [5.74, 6) is 0. The van der Waals surface area contributed by atoms with Crippen molar-refractivity contribution in [3.05, 3.63) is 60.6 Å². The molecule has 1 aliphatic heterocycles. The number of hydrogen-bond donors (Lipinski definition) is 2. The summed E-state index contributed by atoms with van der Waals surface area (Å²) < 4.78 is 54.3. The smallest absolute Gasteiger partial charge is 0.453 e. The molecule has 1 aromatic rings. The minimum atomic E-state index is -4.67. The summed E-state index contributed by atoms with van der Waals surface area (Å²) in [7, 11) is 1.81. The van der Waals surface area contributed by atoms with Crippen LogP contribution in [0.2, 0.25) is 0 Å². The van der Waals surface area contributed by atoms with Crippen LogP contribution < -0.4 is 79.9 Å². The zero-order valence-electron chi connectivity index (χ0n) is 17.3. The van der Waals surface area contributed by atoms with Crippen LogP contribution >= 0.6 is 0 Å². The quantitative estimate of drug-likeness (QED) is 0.400. The van der Waals surface area contributed by atoms with E-state index in [-0.39, 0.29) is 111 Å². The molecule has 4 nitrogen and oxygen atoms in total. The molecule has 9 heteroatoms. The Labute approximate surface area is 233 Å². The first-order valence-corrected chi connectivity index (χ1v) is 9.04. The molecule has 0 bridgehead atoms. The second-order valence-corrected chi connectivity index (χ2v) is 6.82. The van der Waals surface area contributed by atoms with E-state index >= 15 is 0 Å². The molecule has 1 atom stereocenters. The third-order valence-corrected chi connectivity index (χ3v) is 4.61. The van der Waals surface area contributed by atoms with Crippen LogP contribution in [0.15, 0.2) is 31.9 Å². The molecule has 1 aliphatic rings. The van der Waals surface area contributed by atoms with E-state index in [1.54, 1.807) is 12.1 Å². The molecule has 0 spiro atoms. The number of rotatable bonds is 7. The average molecular weight is 542 g/mol. The van der Waals surface area contributed by atoms with Crippen molar-refractivity contribution in [1.82, 2.24) is 15.2 Å². The van der Waals surface area contributed by atoms with Gasteiger partial charge < -0.3 is 20.3 Å². The molecule has 0 aliphatic carbocycles. The average Bonchev–Trinajstić information content (AvgIpc) is 2.66. The van der Waals surface area contributed by atoms with Crippen molar-refractivity contribution < 1.29 is 86.5 Å². The minimum absolute atomic E-state index is 0. The third-order valence-electron chi connectivity index (χ3n) is 4.61. The van der Waals surface area contributed by atoms with Crippen molar-refractivity contribution in [2.24, 2.45) is 5.73 Å². The molecule has 158 valence electrons. The maximum absolute atomic E-state index is 14.3. The fraction of sp³-hybridized carbons (Fsp3) is 0.333. The number of aromatic nitrogens is 1. The Hall–Kier alpha value is -0.398. The van der Waals surface area contributed by atoms with Crippen molar-refractivity contribution in [1.29, 1.82) is 0 Å². The van der Waals surface area contributed by atoms with Crippen LogP contribution in [0.1, 0.15) is 28.9 Å². The molecule has 1 aromatic heterocycles. The zero-order chi connectivity index (χ0) is 21.8. The van der Waals surface area contributed by atoms with Crippen molar-refractivity contribution in [3.8, 4) is 0 Å². The first-order chi connectivity index (χ1) is 13.6. The van der Waals surface area contributed by atoms with Crippen LogP contribution in [0.4, 0.5) is 17.6 Å². The van der Waals surface area contributed by atoms with Crippen LogP contribution in [0.3, 0.4) is 0 Å². The van der Waals surface area contributed by atoms with E-state index in [2.05, 4.69) is 30.0 Å². The Morgan fingerprint density at radius 3 is 2.63 bits per heavy atom. The summed E-state index contributed by atoms with van der Waals surface area (Å²) in [6, 6.07) is 1.00. The fourth-order valence-electron chi connectivity index (χ4n) is 3.06. The van der Waals surface area contributed by atoms with Crippen molar-refractivity contribution in [2.75, 3.05) is 26.7 Å². The monoisotopic (exact) mass is 542 g/mol. The van der Waals surface area contributed by atoms with Gasteiger partial charge in [-0.15, -0.1) is 6.17 Å². The molecule has 3 N–H and O–H groups in total. The summed E-state index contributed by atoms with van der Waals surface area (Å²) in [5, 5.41) is 3.00. The summed E-state index contributed by atoms with van der Waals surface area (Å²) in [6.07, 6.45) is -0.0533. The summed E-state index contributed by atoms with van der Waals surface area (Å²) >= 11 is 0. The Morgan fingerprint density at radius 1 is 1.43 bits per heavy atom. The van der Waals surface area contributed by atoms with E-state index in [0.717, 1.165) is 0 Å². The molecule has 0 radical (unpaired) electrons. The Kier molecular flexibility index (Phi) is 11.1. The number of piperidine rings is 1. The van der Waals surface area contributed by atoms with Gasteiger partial charge in [0.1, 0.15) is 0 Å². The Balaban J connectivity index is 0.00000450. The van der Waals surface area contributed by atoms with Gasteiger partial charge in [0.25, 0.3) is 0 Å². The molecule has 2 heterocycles. The van der Waals surface area contributed by atoms with Crippen molar-refractivity contribution >= 4 is 23.4 Å².